The first-order valence-electron chi connectivity index (χ1n) is 0.865. The van der Waals surface area contributed by atoms with Gasteiger partial charge in [-0.05, 0) is 0 Å². The van der Waals surface area contributed by atoms with Gasteiger partial charge in [0.2, 0.25) is 0 Å². The Morgan fingerprint density at radius 2 is 1.71 bits per heavy atom. The Labute approximate surface area is 50.3 Å². The molecule has 7 heavy (non-hydrogen) atoms. The molecule has 0 unspecified atom stereocenters. The van der Waals surface area contributed by atoms with Crippen LogP contribution in [0, 0.1) is 0 Å². The second-order valence-electron chi connectivity index (χ2n) is 0.502. The standard InChI is InChI=1S/H2O4S.H2O.V/c1-5(2,3)4;;/h(H2,1,2,3,4);1H2;/q;;+1/p-1. The molecule has 0 aliphatic heterocycles. The van der Waals surface area contributed by atoms with Crippen LogP contribution in [0.25, 0.3) is 0 Å². The molecular weight excluding hydrogens is 163 g/mol. The molecule has 0 aromatic heterocycles. The van der Waals surface area contributed by atoms with Crippen molar-refractivity contribution in [1.29, 1.82) is 0 Å². The predicted molar refractivity (Wildman–Crippen MR) is 16.2 cm³/mol. The van der Waals surface area contributed by atoms with E-state index in [0.29, 0.717) is 0 Å². The second-order valence-corrected chi connectivity index (χ2v) is 2.21. The third-order valence-corrected chi connectivity index (χ3v) is 1.17. The molecule has 0 spiro atoms. The van der Waals surface area contributed by atoms with Crippen molar-refractivity contribution in [3.63, 3.8) is 0 Å². The molecule has 0 aliphatic rings. The first-order valence-corrected chi connectivity index (χ1v) is 2.80. The Hall–Kier alpha value is 0.414. The molecule has 0 atom stereocenters. The molecule has 0 heterocycles. The van der Waals surface area contributed by atoms with Gasteiger partial charge in [-0.1, -0.05) is 0 Å². The molecule has 0 aromatic rings. The molecule has 7 heteroatoms. The van der Waals surface area contributed by atoms with Crippen LogP contribution in [0.15, 0.2) is 0 Å². The molecule has 0 amide bonds. The molecule has 0 rings (SSSR count). The average Bonchev–Trinajstić information content (AvgIpc) is 1.35. The minimum atomic E-state index is -4.19. The van der Waals surface area contributed by atoms with E-state index in [1.54, 1.807) is 0 Å². The zero-order chi connectivity index (χ0) is 5.21. The molecule has 0 aromatic carbocycles. The fraction of sp³-hybridized carbons (Fsp3) is 0. The van der Waals surface area contributed by atoms with Crippen molar-refractivity contribution >= 4 is 10.4 Å². The Morgan fingerprint density at radius 3 is 1.71 bits per heavy atom. The van der Waals surface area contributed by atoms with Gasteiger partial charge in [-0.3, -0.25) is 0 Å². The van der Waals surface area contributed by atoms with E-state index < -0.39 is 10.4 Å². The molecule has 0 saturated heterocycles. The minimum absolute atomic E-state index is 0. The molecule has 0 saturated carbocycles. The Balaban J connectivity index is 0. The summed E-state index contributed by atoms with van der Waals surface area (Å²) in [6, 6.07) is 0. The van der Waals surface area contributed by atoms with Crippen molar-refractivity contribution in [2.45, 2.75) is 0 Å². The summed E-state index contributed by atoms with van der Waals surface area (Å²) in [5.41, 5.74) is 0. The third-order valence-electron chi connectivity index (χ3n) is 0.0942. The zero-order valence-electron chi connectivity index (χ0n) is 3.03. The van der Waals surface area contributed by atoms with Gasteiger partial charge >= 0.3 is 44.3 Å². The quantitative estimate of drug-likeness (QED) is 0.476. The normalized spacial score (nSPS) is 9.86. The van der Waals surface area contributed by atoms with Gasteiger partial charge in [-0.15, -0.1) is 0 Å². The van der Waals surface area contributed by atoms with Crippen LogP contribution < -0.4 is 0 Å². The van der Waals surface area contributed by atoms with E-state index in [2.05, 4.69) is 3.11 Å². The van der Waals surface area contributed by atoms with Gasteiger partial charge in [-0.25, -0.2) is 0 Å². The predicted octanol–water partition coefficient (Wildman–Crippen LogP) is -1.56. The van der Waals surface area contributed by atoms with E-state index >= 15 is 0 Å². The van der Waals surface area contributed by atoms with Crippen LogP contribution in [0.5, 0.6) is 0 Å². The van der Waals surface area contributed by atoms with Crippen molar-refractivity contribution < 1.29 is 39.3 Å². The summed E-state index contributed by atoms with van der Waals surface area (Å²) < 4.78 is 29.6. The second kappa shape index (κ2) is 3.42. The van der Waals surface area contributed by atoms with Gasteiger partial charge in [0.05, 0.1) is 0 Å². The van der Waals surface area contributed by atoms with Gasteiger partial charge in [0.25, 0.3) is 0 Å². The first-order chi connectivity index (χ1) is 2.56. The monoisotopic (exact) mass is 166 g/mol. The fourth-order valence-electron chi connectivity index (χ4n) is 0. The molecule has 5 nitrogen and oxygen atoms in total. The van der Waals surface area contributed by atoms with E-state index in [-0.39, 0.29) is 5.48 Å². The van der Waals surface area contributed by atoms with Crippen molar-refractivity contribution in [1.82, 2.24) is 0 Å². The van der Waals surface area contributed by atoms with E-state index in [1.165, 1.54) is 17.8 Å². The van der Waals surface area contributed by atoms with Gasteiger partial charge in [0, 0.05) is 0 Å². The maximum atomic E-state index is 9.32. The summed E-state index contributed by atoms with van der Waals surface area (Å²) in [4.78, 5) is 0. The van der Waals surface area contributed by atoms with Gasteiger partial charge in [0.15, 0.2) is 0 Å². The van der Waals surface area contributed by atoms with Gasteiger partial charge < -0.3 is 5.48 Å². The topological polar surface area (TPSA) is 95.1 Å². The van der Waals surface area contributed by atoms with Gasteiger partial charge in [-0.2, -0.15) is 0 Å². The van der Waals surface area contributed by atoms with Crippen molar-refractivity contribution in [3.05, 3.63) is 0 Å². The molecular formula is H3O5SV. The molecule has 44 valence electrons. The van der Waals surface area contributed by atoms with Crippen LogP contribution in [0.4, 0.5) is 0 Å². The molecule has 3 N–H and O–H groups in total. The summed E-state index contributed by atoms with van der Waals surface area (Å²) >= 11 is 1.26. The van der Waals surface area contributed by atoms with Crippen molar-refractivity contribution in [2.75, 3.05) is 0 Å². The number of rotatable bonds is 1. The fourth-order valence-corrected chi connectivity index (χ4v) is 0. The average molecular weight is 166 g/mol. The molecule has 0 radical (unpaired) electrons. The third kappa shape index (κ3) is 10.7. The van der Waals surface area contributed by atoms with Gasteiger partial charge in [0.1, 0.15) is 0 Å². The van der Waals surface area contributed by atoms with Crippen LogP contribution in [-0.4, -0.2) is 18.4 Å². The Kier molecular flexibility index (Phi) is 5.09. The zero-order valence-corrected chi connectivity index (χ0v) is 5.24. The van der Waals surface area contributed by atoms with E-state index in [1.807, 2.05) is 0 Å². The molecule has 0 bridgehead atoms. The SMILES string of the molecule is O.O=S(=O)(O)[O][V]. The Bertz CT molecular complexity index is 110. The molecule has 0 fully saturated rings. The maximum absolute atomic E-state index is 9.32. The van der Waals surface area contributed by atoms with Crippen LogP contribution >= 0.6 is 0 Å². The molecule has 0 aliphatic carbocycles. The summed E-state index contributed by atoms with van der Waals surface area (Å²) in [6.45, 7) is 0. The van der Waals surface area contributed by atoms with E-state index in [4.69, 9.17) is 4.55 Å². The van der Waals surface area contributed by atoms with Crippen LogP contribution in [0.2, 0.25) is 0 Å². The van der Waals surface area contributed by atoms with E-state index in [0.717, 1.165) is 0 Å². The van der Waals surface area contributed by atoms with E-state index in [9.17, 15) is 8.42 Å². The number of hydrogen-bond donors (Lipinski definition) is 1. The Morgan fingerprint density at radius 1 is 1.57 bits per heavy atom. The first kappa shape index (κ1) is 10.4. The number of hydrogen-bond acceptors (Lipinski definition) is 3. The summed E-state index contributed by atoms with van der Waals surface area (Å²) in [5, 5.41) is 0. The van der Waals surface area contributed by atoms with Crippen molar-refractivity contribution in [2.24, 2.45) is 0 Å². The van der Waals surface area contributed by atoms with Crippen LogP contribution in [0.1, 0.15) is 0 Å². The summed E-state index contributed by atoms with van der Waals surface area (Å²) in [5.74, 6) is 0. The van der Waals surface area contributed by atoms with Crippen molar-refractivity contribution in [3.8, 4) is 0 Å². The summed E-state index contributed by atoms with van der Waals surface area (Å²) in [7, 11) is -4.19. The summed E-state index contributed by atoms with van der Waals surface area (Å²) in [6.07, 6.45) is 0. The van der Waals surface area contributed by atoms with Crippen LogP contribution in [-0.2, 0) is 31.3 Å². The van der Waals surface area contributed by atoms with Crippen LogP contribution in [0.3, 0.4) is 0 Å².